The van der Waals surface area contributed by atoms with E-state index in [1.807, 2.05) is 0 Å². The van der Waals surface area contributed by atoms with Crippen LogP contribution in [0.4, 0.5) is 0 Å². The lowest BCUT2D eigenvalue weighted by Gasteiger charge is -2.69. The molecular formula is C50H80O28. The molecule has 1 spiro atoms. The summed E-state index contributed by atoms with van der Waals surface area (Å²) >= 11 is 0. The van der Waals surface area contributed by atoms with Crippen LogP contribution in [-0.4, -0.2) is 285 Å². The summed E-state index contributed by atoms with van der Waals surface area (Å²) in [5, 5.41) is 181. The molecule has 10 rings (SSSR count). The van der Waals surface area contributed by atoms with E-state index in [-0.39, 0.29) is 11.8 Å². The third kappa shape index (κ3) is 10.5. The van der Waals surface area contributed by atoms with Crippen LogP contribution in [0.5, 0.6) is 0 Å². The Bertz CT molecular complexity index is 2060. The maximum Gasteiger partial charge on any atom is 0.314 e. The van der Waals surface area contributed by atoms with Gasteiger partial charge in [-0.1, -0.05) is 25.5 Å². The summed E-state index contributed by atoms with van der Waals surface area (Å²) in [6.07, 6.45) is -40.6. The number of hydrogen-bond acceptors (Lipinski definition) is 28. The Hall–Kier alpha value is -1.83. The number of aliphatic hydroxyl groups excluding tert-OH is 17. The number of aliphatic hydroxyl groups is 17. The number of carbonyl (C=O) groups is 1. The Morgan fingerprint density at radius 2 is 0.936 bits per heavy atom. The molecule has 0 aromatic heterocycles. The van der Waals surface area contributed by atoms with Gasteiger partial charge < -0.3 is 134 Å². The molecule has 5 heterocycles. The summed E-state index contributed by atoms with van der Waals surface area (Å²) in [6.45, 7) is 4.31. The van der Waals surface area contributed by atoms with Crippen molar-refractivity contribution in [3.63, 3.8) is 0 Å². The van der Waals surface area contributed by atoms with Gasteiger partial charge in [0.05, 0.1) is 44.6 Å². The normalized spacial score (nSPS) is 54.5. The molecule has 10 aliphatic rings. The molecule has 0 amide bonds. The monoisotopic (exact) mass is 1130 g/mol. The van der Waals surface area contributed by atoms with E-state index >= 15 is 0 Å². The topological polar surface area (TPSA) is 453 Å². The number of ether oxygens (including phenoxy) is 10. The molecule has 10 fully saturated rings. The second kappa shape index (κ2) is 23.7. The average molecular weight is 1130 g/mol. The molecule has 28 nitrogen and oxygen atoms in total. The predicted octanol–water partition coefficient (Wildman–Crippen LogP) is -7.43. The van der Waals surface area contributed by atoms with Gasteiger partial charge >= 0.3 is 5.97 Å². The Morgan fingerprint density at radius 1 is 0.500 bits per heavy atom. The molecule has 448 valence electrons. The highest BCUT2D eigenvalue weighted by Crippen LogP contribution is 2.72. The first kappa shape index (κ1) is 60.8. The molecule has 5 aliphatic heterocycles. The number of fused-ring (bicyclic) bond motifs is 3. The minimum Gasteiger partial charge on any atom is -0.432 e. The van der Waals surface area contributed by atoms with E-state index in [1.54, 1.807) is 6.92 Å². The predicted molar refractivity (Wildman–Crippen MR) is 252 cm³/mol. The van der Waals surface area contributed by atoms with E-state index in [4.69, 9.17) is 47.4 Å². The van der Waals surface area contributed by atoms with Crippen molar-refractivity contribution in [1.82, 2.24) is 0 Å². The molecular weight excluding hydrogens is 1050 g/mol. The van der Waals surface area contributed by atoms with Crippen LogP contribution in [0.2, 0.25) is 0 Å². The molecule has 2 bridgehead atoms. The quantitative estimate of drug-likeness (QED) is 0.0411. The fraction of sp³-hybridized carbons (Fsp3) is 0.940. The van der Waals surface area contributed by atoms with Crippen LogP contribution < -0.4 is 0 Å². The lowest BCUT2D eigenvalue weighted by molar-refractivity contribution is -0.398. The van der Waals surface area contributed by atoms with Crippen LogP contribution >= 0.6 is 0 Å². The third-order valence-corrected chi connectivity index (χ3v) is 19.1. The van der Waals surface area contributed by atoms with Crippen molar-refractivity contribution in [3.8, 4) is 0 Å². The smallest absolute Gasteiger partial charge is 0.314 e. The number of carbonyl (C=O) groups excluding carboxylic acids is 1. The SMILES string of the molecule is C=C1C[C@@]23CC[C@H]4[C@@](C)(CCC[C@@]4(C)C(=O)OC4OC(CO)C(O)C(O)C4OC4OC(CO)C(O)C(O)C4O)[C@@H]2C[C@@H]1C(OC1OC(CO)C(O)C(OC2OC(CO)C(O)C(O)C2O)C1OC1OC(CO)C(O)C(O)C1O)C3. The second-order valence-electron chi connectivity index (χ2n) is 23.6. The first-order chi connectivity index (χ1) is 36.9. The summed E-state index contributed by atoms with van der Waals surface area (Å²) in [5.74, 6) is -1.52. The molecule has 5 aliphatic carbocycles. The zero-order valence-corrected chi connectivity index (χ0v) is 43.2. The largest absolute Gasteiger partial charge is 0.432 e. The van der Waals surface area contributed by atoms with Gasteiger partial charge in [-0.25, -0.2) is 0 Å². The van der Waals surface area contributed by atoms with Crippen molar-refractivity contribution in [2.24, 2.45) is 34.0 Å². The molecule has 17 N–H and O–H groups in total. The van der Waals surface area contributed by atoms with Crippen LogP contribution in [0.25, 0.3) is 0 Å². The summed E-state index contributed by atoms with van der Waals surface area (Å²) in [6, 6.07) is 0. The molecule has 26 unspecified atom stereocenters. The summed E-state index contributed by atoms with van der Waals surface area (Å²) in [4.78, 5) is 14.9. The fourth-order valence-corrected chi connectivity index (χ4v) is 14.8. The Morgan fingerprint density at radius 3 is 1.44 bits per heavy atom. The summed E-state index contributed by atoms with van der Waals surface area (Å²) in [7, 11) is 0. The zero-order valence-electron chi connectivity index (χ0n) is 43.2. The van der Waals surface area contributed by atoms with E-state index in [0.29, 0.717) is 51.4 Å². The van der Waals surface area contributed by atoms with Gasteiger partial charge in [-0.3, -0.25) is 4.79 Å². The molecule has 28 heteroatoms. The second-order valence-corrected chi connectivity index (χ2v) is 23.6. The molecule has 0 aromatic rings. The van der Waals surface area contributed by atoms with Crippen molar-refractivity contribution in [2.45, 2.75) is 225 Å². The lowest BCUT2D eigenvalue weighted by atomic mass is 9.36. The van der Waals surface area contributed by atoms with Gasteiger partial charge in [0, 0.05) is 5.92 Å². The first-order valence-electron chi connectivity index (χ1n) is 26.9. The van der Waals surface area contributed by atoms with Crippen molar-refractivity contribution in [3.05, 3.63) is 12.2 Å². The molecule has 78 heavy (non-hydrogen) atoms. The van der Waals surface area contributed by atoms with Crippen molar-refractivity contribution in [2.75, 3.05) is 33.0 Å². The van der Waals surface area contributed by atoms with E-state index in [9.17, 15) is 91.6 Å². The maximum atomic E-state index is 14.9. The molecule has 5 saturated carbocycles. The Kier molecular flexibility index (Phi) is 18.4. The van der Waals surface area contributed by atoms with E-state index < -0.39 is 221 Å². The number of rotatable bonds is 15. The third-order valence-electron chi connectivity index (χ3n) is 19.1. The van der Waals surface area contributed by atoms with Gasteiger partial charge in [0.15, 0.2) is 31.3 Å². The standard InChI is InChI=1S/C50H80O28/c1-17-10-50-8-5-25-48(2,6-4-7-49(25,3)47(68)78-45-40(35(64)30(59)23(15-54)73-45)76-43-37(66)33(62)28(57)21(13-52)71-43)26(50)9-18(17)19(11-50)69-46-41(77-44-38(67)34(63)29(58)22(14-53)72-44)39(31(60)24(16-55)74-46)75-42-36(65)32(61)27(56)20(12-51)70-42/h18-46,51-67H,1,4-16H2,2-3H3/t18-,19?,20?,21?,22?,23?,24?,25-,26-,27?,28?,29?,30?,31?,32?,33?,34?,35?,36?,37?,38?,39?,40?,41?,42?,43?,44?,45?,46?,48+,49+,50+/m0/s1. The fourth-order valence-electron chi connectivity index (χ4n) is 14.8. The summed E-state index contributed by atoms with van der Waals surface area (Å²) < 4.78 is 60.0. The van der Waals surface area contributed by atoms with Crippen LogP contribution in [0.1, 0.15) is 65.2 Å². The van der Waals surface area contributed by atoms with Gasteiger partial charge in [-0.15, -0.1) is 0 Å². The first-order valence-corrected chi connectivity index (χ1v) is 26.9. The highest BCUT2D eigenvalue weighted by Gasteiger charge is 2.68. The highest BCUT2D eigenvalue weighted by molar-refractivity contribution is 5.77. The van der Waals surface area contributed by atoms with E-state index in [0.717, 1.165) is 5.57 Å². The molecule has 0 radical (unpaired) electrons. The molecule has 32 atom stereocenters. The van der Waals surface area contributed by atoms with Crippen LogP contribution in [0.3, 0.4) is 0 Å². The van der Waals surface area contributed by atoms with Crippen molar-refractivity contribution in [1.29, 1.82) is 0 Å². The minimum absolute atomic E-state index is 0.0572. The van der Waals surface area contributed by atoms with Gasteiger partial charge in [0.25, 0.3) is 0 Å². The van der Waals surface area contributed by atoms with Crippen LogP contribution in [-0.2, 0) is 52.2 Å². The average Bonchev–Trinajstić information content (AvgIpc) is 3.61. The molecule has 0 aromatic carbocycles. The van der Waals surface area contributed by atoms with Crippen LogP contribution in [0, 0.1) is 34.0 Å². The van der Waals surface area contributed by atoms with Gasteiger partial charge in [-0.05, 0) is 74.5 Å². The Balaban J connectivity index is 0.964. The highest BCUT2D eigenvalue weighted by atomic mass is 16.8. The van der Waals surface area contributed by atoms with E-state index in [2.05, 4.69) is 13.5 Å². The van der Waals surface area contributed by atoms with Crippen molar-refractivity contribution >= 4 is 5.97 Å². The Labute approximate surface area is 448 Å². The van der Waals surface area contributed by atoms with Crippen LogP contribution in [0.15, 0.2) is 12.2 Å². The van der Waals surface area contributed by atoms with Gasteiger partial charge in [0.1, 0.15) is 116 Å². The number of esters is 1. The van der Waals surface area contributed by atoms with E-state index in [1.165, 1.54) is 0 Å². The molecule has 5 saturated heterocycles. The van der Waals surface area contributed by atoms with Gasteiger partial charge in [-0.2, -0.15) is 0 Å². The lowest BCUT2D eigenvalue weighted by Crippen LogP contribution is -2.68. The number of hydrogen-bond donors (Lipinski definition) is 17. The summed E-state index contributed by atoms with van der Waals surface area (Å²) in [5.41, 5.74) is -1.40. The van der Waals surface area contributed by atoms with Crippen molar-refractivity contribution < 1.29 is 139 Å². The maximum absolute atomic E-state index is 14.9. The minimum atomic E-state index is -1.98. The van der Waals surface area contributed by atoms with Gasteiger partial charge in [0.2, 0.25) is 6.29 Å². The zero-order chi connectivity index (χ0) is 56.7.